The molecule has 0 aromatic rings. The van der Waals surface area contributed by atoms with Gasteiger partial charge in [-0.2, -0.15) is 0 Å². The summed E-state index contributed by atoms with van der Waals surface area (Å²) in [7, 11) is 0. The van der Waals surface area contributed by atoms with Crippen molar-refractivity contribution in [3.05, 3.63) is 0 Å². The lowest BCUT2D eigenvalue weighted by Crippen LogP contribution is -2.15. The summed E-state index contributed by atoms with van der Waals surface area (Å²) >= 11 is 0. The summed E-state index contributed by atoms with van der Waals surface area (Å²) in [6, 6.07) is 0. The molecule has 1 heterocycles. The molecular weight excluding hydrogens is 158 g/mol. The second-order valence-corrected chi connectivity index (χ2v) is 5.31. The van der Waals surface area contributed by atoms with E-state index in [0.29, 0.717) is 5.41 Å². The Morgan fingerprint density at radius 1 is 1.31 bits per heavy atom. The van der Waals surface area contributed by atoms with Crippen LogP contribution in [0.5, 0.6) is 0 Å². The molecule has 0 saturated carbocycles. The van der Waals surface area contributed by atoms with Gasteiger partial charge in [-0.15, -0.1) is 0 Å². The molecule has 1 nitrogen and oxygen atoms in total. The third-order valence-electron chi connectivity index (χ3n) is 3.32. The second-order valence-electron chi connectivity index (χ2n) is 5.31. The fourth-order valence-electron chi connectivity index (χ4n) is 2.36. The molecule has 1 fully saturated rings. The molecule has 0 radical (unpaired) electrons. The fourth-order valence-corrected chi connectivity index (χ4v) is 2.36. The van der Waals surface area contributed by atoms with Gasteiger partial charge in [-0.05, 0) is 50.1 Å². The van der Waals surface area contributed by atoms with Crippen molar-refractivity contribution in [1.82, 2.24) is 5.32 Å². The van der Waals surface area contributed by atoms with E-state index in [1.807, 2.05) is 0 Å². The van der Waals surface area contributed by atoms with Gasteiger partial charge in [0, 0.05) is 0 Å². The molecule has 1 aliphatic heterocycles. The molecule has 1 N–H and O–H groups in total. The predicted molar refractivity (Wildman–Crippen MR) is 58.9 cm³/mol. The van der Waals surface area contributed by atoms with Gasteiger partial charge >= 0.3 is 0 Å². The lowest BCUT2D eigenvalue weighted by molar-refractivity contribution is 0.274. The van der Waals surface area contributed by atoms with Crippen LogP contribution in [0, 0.1) is 11.3 Å². The summed E-state index contributed by atoms with van der Waals surface area (Å²) in [5, 5.41) is 3.44. The highest BCUT2D eigenvalue weighted by atomic mass is 14.9. The molecule has 1 aliphatic rings. The molecule has 1 unspecified atom stereocenters. The van der Waals surface area contributed by atoms with E-state index in [2.05, 4.69) is 26.1 Å². The average Bonchev–Trinajstić information content (AvgIpc) is 2.52. The number of rotatable bonds is 5. The highest BCUT2D eigenvalue weighted by Crippen LogP contribution is 2.30. The van der Waals surface area contributed by atoms with Crippen molar-refractivity contribution >= 4 is 0 Å². The van der Waals surface area contributed by atoms with Crippen molar-refractivity contribution in [2.24, 2.45) is 11.3 Å². The minimum Gasteiger partial charge on any atom is -0.316 e. The van der Waals surface area contributed by atoms with E-state index >= 15 is 0 Å². The Labute approximate surface area is 83.3 Å². The van der Waals surface area contributed by atoms with Crippen LogP contribution in [-0.4, -0.2) is 13.1 Å². The van der Waals surface area contributed by atoms with Crippen molar-refractivity contribution in [3.63, 3.8) is 0 Å². The number of hydrogen-bond donors (Lipinski definition) is 1. The van der Waals surface area contributed by atoms with Crippen LogP contribution in [0.1, 0.15) is 52.9 Å². The first-order chi connectivity index (χ1) is 6.14. The van der Waals surface area contributed by atoms with Crippen molar-refractivity contribution in [2.45, 2.75) is 52.9 Å². The minimum absolute atomic E-state index is 0.581. The first-order valence-electron chi connectivity index (χ1n) is 5.85. The Balaban J connectivity index is 2.15. The van der Waals surface area contributed by atoms with Gasteiger partial charge < -0.3 is 5.32 Å². The van der Waals surface area contributed by atoms with E-state index in [9.17, 15) is 0 Å². The van der Waals surface area contributed by atoms with Crippen LogP contribution >= 0.6 is 0 Å². The molecule has 0 amide bonds. The first-order valence-corrected chi connectivity index (χ1v) is 5.85. The van der Waals surface area contributed by atoms with Gasteiger partial charge in [0.05, 0.1) is 0 Å². The molecule has 1 heteroatoms. The Morgan fingerprint density at radius 3 is 2.62 bits per heavy atom. The number of hydrogen-bond acceptors (Lipinski definition) is 1. The smallest absolute Gasteiger partial charge is 0.00200 e. The van der Waals surface area contributed by atoms with E-state index in [0.717, 1.165) is 5.92 Å². The van der Waals surface area contributed by atoms with Crippen molar-refractivity contribution in [3.8, 4) is 0 Å². The topological polar surface area (TPSA) is 12.0 Å². The van der Waals surface area contributed by atoms with E-state index in [1.165, 1.54) is 45.2 Å². The van der Waals surface area contributed by atoms with Crippen LogP contribution in [-0.2, 0) is 0 Å². The highest BCUT2D eigenvalue weighted by molar-refractivity contribution is 4.75. The zero-order valence-electron chi connectivity index (χ0n) is 9.53. The summed E-state index contributed by atoms with van der Waals surface area (Å²) in [4.78, 5) is 0. The molecule has 0 aliphatic carbocycles. The Morgan fingerprint density at radius 2 is 2.08 bits per heavy atom. The molecule has 13 heavy (non-hydrogen) atoms. The van der Waals surface area contributed by atoms with E-state index < -0.39 is 0 Å². The van der Waals surface area contributed by atoms with Crippen molar-refractivity contribution < 1.29 is 0 Å². The standard InChI is InChI=1S/C12H25N/c1-4-7-12(2,3)8-5-11-6-9-13-10-11/h11,13H,4-10H2,1-3H3. The zero-order valence-corrected chi connectivity index (χ0v) is 9.53. The van der Waals surface area contributed by atoms with Gasteiger partial charge in [0.15, 0.2) is 0 Å². The Hall–Kier alpha value is -0.0400. The van der Waals surface area contributed by atoms with Crippen LogP contribution in [0.4, 0.5) is 0 Å². The fraction of sp³-hybridized carbons (Fsp3) is 1.00. The summed E-state index contributed by atoms with van der Waals surface area (Å²) in [6.45, 7) is 9.64. The van der Waals surface area contributed by atoms with Gasteiger partial charge in [0.1, 0.15) is 0 Å². The van der Waals surface area contributed by atoms with E-state index in [4.69, 9.17) is 0 Å². The SMILES string of the molecule is CCCC(C)(C)CCC1CCNC1. The minimum atomic E-state index is 0.581. The third kappa shape index (κ3) is 4.12. The van der Waals surface area contributed by atoms with Crippen molar-refractivity contribution in [1.29, 1.82) is 0 Å². The molecule has 0 aromatic heterocycles. The van der Waals surface area contributed by atoms with Crippen LogP contribution in [0.2, 0.25) is 0 Å². The van der Waals surface area contributed by atoms with Gasteiger partial charge in [-0.1, -0.05) is 27.2 Å². The molecule has 1 atom stereocenters. The molecule has 78 valence electrons. The maximum atomic E-state index is 3.44. The highest BCUT2D eigenvalue weighted by Gasteiger charge is 2.20. The maximum Gasteiger partial charge on any atom is -0.00200 e. The van der Waals surface area contributed by atoms with Gasteiger partial charge in [0.25, 0.3) is 0 Å². The summed E-state index contributed by atoms with van der Waals surface area (Å²) in [6.07, 6.45) is 6.96. The molecule has 1 rings (SSSR count). The van der Waals surface area contributed by atoms with Crippen LogP contribution in [0.3, 0.4) is 0 Å². The molecule has 1 saturated heterocycles. The van der Waals surface area contributed by atoms with Crippen LogP contribution in [0.25, 0.3) is 0 Å². The summed E-state index contributed by atoms with van der Waals surface area (Å²) in [5.41, 5.74) is 0.581. The van der Waals surface area contributed by atoms with Gasteiger partial charge in [-0.25, -0.2) is 0 Å². The first kappa shape index (κ1) is 11.0. The predicted octanol–water partition coefficient (Wildman–Crippen LogP) is 3.20. The summed E-state index contributed by atoms with van der Waals surface area (Å²) < 4.78 is 0. The number of nitrogens with one attached hydrogen (secondary N) is 1. The second kappa shape index (κ2) is 4.99. The molecule has 0 spiro atoms. The Bertz CT molecular complexity index is 134. The lowest BCUT2D eigenvalue weighted by Gasteiger charge is -2.25. The largest absolute Gasteiger partial charge is 0.316 e. The van der Waals surface area contributed by atoms with Crippen LogP contribution in [0.15, 0.2) is 0 Å². The van der Waals surface area contributed by atoms with Gasteiger partial charge in [-0.3, -0.25) is 0 Å². The monoisotopic (exact) mass is 183 g/mol. The normalized spacial score (nSPS) is 23.8. The zero-order chi connectivity index (χ0) is 9.73. The Kier molecular flexibility index (Phi) is 4.24. The van der Waals surface area contributed by atoms with E-state index in [-0.39, 0.29) is 0 Å². The molecular formula is C12H25N. The molecule has 0 bridgehead atoms. The maximum absolute atomic E-state index is 3.44. The average molecular weight is 183 g/mol. The summed E-state index contributed by atoms with van der Waals surface area (Å²) in [5.74, 6) is 0.969. The molecule has 0 aromatic carbocycles. The van der Waals surface area contributed by atoms with Crippen LogP contribution < -0.4 is 5.32 Å². The third-order valence-corrected chi connectivity index (χ3v) is 3.32. The van der Waals surface area contributed by atoms with Gasteiger partial charge in [0.2, 0.25) is 0 Å². The van der Waals surface area contributed by atoms with E-state index in [1.54, 1.807) is 0 Å². The van der Waals surface area contributed by atoms with Crippen molar-refractivity contribution in [2.75, 3.05) is 13.1 Å². The quantitative estimate of drug-likeness (QED) is 0.690. The lowest BCUT2D eigenvalue weighted by atomic mass is 9.81.